The van der Waals surface area contributed by atoms with Crippen molar-refractivity contribution in [2.75, 3.05) is 6.54 Å². The molecule has 0 aliphatic carbocycles. The maximum Gasteiger partial charge on any atom is 0.251 e. The molecule has 7 heteroatoms. The lowest BCUT2D eigenvalue weighted by Crippen LogP contribution is -2.25. The fourth-order valence-corrected chi connectivity index (χ4v) is 3.20. The van der Waals surface area contributed by atoms with Gasteiger partial charge < -0.3 is 10.4 Å². The van der Waals surface area contributed by atoms with E-state index in [0.29, 0.717) is 18.5 Å². The minimum Gasteiger partial charge on any atom is -0.388 e. The molecule has 1 amide bonds. The molecular weight excluding hydrogens is 306 g/mol. The number of nitrogens with one attached hydrogen (secondary N) is 1. The largest absolute Gasteiger partial charge is 0.388 e. The maximum atomic E-state index is 12.0. The van der Waals surface area contributed by atoms with Crippen LogP contribution in [0, 0.1) is 0 Å². The number of amides is 1. The molecule has 0 aliphatic heterocycles. The number of hydrogen-bond acceptors (Lipinski definition) is 6. The molecule has 2 heterocycles. The third kappa shape index (κ3) is 3.26. The Morgan fingerprint density at radius 3 is 2.95 bits per heavy atom. The van der Waals surface area contributed by atoms with Crippen LogP contribution in [0.25, 0.3) is 11.0 Å². The fourth-order valence-electron chi connectivity index (χ4n) is 1.98. The second-order valence-electron chi connectivity index (χ2n) is 4.58. The maximum absolute atomic E-state index is 12.0. The van der Waals surface area contributed by atoms with E-state index in [9.17, 15) is 9.90 Å². The Morgan fingerprint density at radius 1 is 1.29 bits per heavy atom. The number of aromatic nitrogens is 2. The summed E-state index contributed by atoms with van der Waals surface area (Å²) in [6, 6.07) is 7.13. The van der Waals surface area contributed by atoms with Crippen LogP contribution in [0.3, 0.4) is 0 Å². The van der Waals surface area contributed by atoms with E-state index in [1.165, 1.54) is 0 Å². The number of fused-ring (bicyclic) bond motifs is 1. The van der Waals surface area contributed by atoms with Crippen LogP contribution < -0.4 is 5.32 Å². The molecule has 1 aromatic carbocycles. The first-order valence-electron chi connectivity index (χ1n) is 6.45. The lowest BCUT2D eigenvalue weighted by atomic mass is 10.1. The summed E-state index contributed by atoms with van der Waals surface area (Å²) in [6.07, 6.45) is -0.0510. The first-order chi connectivity index (χ1) is 10.2. The average molecular weight is 319 g/mol. The third-order valence-electron chi connectivity index (χ3n) is 3.15. The molecule has 5 nitrogen and oxygen atoms in total. The van der Waals surface area contributed by atoms with Crippen LogP contribution in [0.5, 0.6) is 0 Å². The predicted octanol–water partition coefficient (Wildman–Crippen LogP) is 2.61. The number of rotatable bonds is 5. The lowest BCUT2D eigenvalue weighted by Gasteiger charge is -2.10. The molecule has 1 atom stereocenters. The number of carbonyl (C=O) groups excluding carboxylic acids is 1. The number of thiophene rings is 1. The Hall–Kier alpha value is -1.83. The number of nitrogens with zero attached hydrogens (tertiary/aromatic N) is 2. The van der Waals surface area contributed by atoms with Crippen LogP contribution in [0.4, 0.5) is 0 Å². The van der Waals surface area contributed by atoms with Crippen molar-refractivity contribution in [3.8, 4) is 0 Å². The quantitative estimate of drug-likeness (QED) is 0.758. The standard InChI is InChI=1S/C14H13N3O2S2/c18-13(10-4-6-20-8-10)3-5-15-14(19)9-1-2-11-12(7-9)17-21-16-11/h1-2,4,6-8,13,18H,3,5H2,(H,15,19)/t13-/m0/s1. The number of aliphatic hydroxyl groups excluding tert-OH is 1. The van der Waals surface area contributed by atoms with Crippen molar-refractivity contribution in [2.24, 2.45) is 0 Å². The first kappa shape index (κ1) is 14.1. The van der Waals surface area contributed by atoms with Gasteiger partial charge in [-0.05, 0) is 47.0 Å². The molecular formula is C14H13N3O2S2. The SMILES string of the molecule is O=C(NCC[C@H](O)c1ccsc1)c1ccc2nsnc2c1. The van der Waals surface area contributed by atoms with Crippen molar-refractivity contribution in [1.82, 2.24) is 14.1 Å². The minimum absolute atomic E-state index is 0.164. The second-order valence-corrected chi connectivity index (χ2v) is 5.89. The Kier molecular flexibility index (Phi) is 4.23. The number of benzene rings is 1. The van der Waals surface area contributed by atoms with E-state index >= 15 is 0 Å². The molecule has 0 spiro atoms. The van der Waals surface area contributed by atoms with Gasteiger partial charge in [0, 0.05) is 12.1 Å². The highest BCUT2D eigenvalue weighted by Crippen LogP contribution is 2.18. The van der Waals surface area contributed by atoms with Gasteiger partial charge in [-0.15, -0.1) is 0 Å². The van der Waals surface area contributed by atoms with Crippen molar-refractivity contribution in [3.63, 3.8) is 0 Å². The predicted molar refractivity (Wildman–Crippen MR) is 83.6 cm³/mol. The van der Waals surface area contributed by atoms with E-state index in [1.54, 1.807) is 29.5 Å². The van der Waals surface area contributed by atoms with E-state index in [4.69, 9.17) is 0 Å². The van der Waals surface area contributed by atoms with Crippen molar-refractivity contribution < 1.29 is 9.90 Å². The van der Waals surface area contributed by atoms with Gasteiger partial charge in [0.2, 0.25) is 0 Å². The fraction of sp³-hybridized carbons (Fsp3) is 0.214. The Labute approximate surface area is 129 Å². The zero-order chi connectivity index (χ0) is 14.7. The first-order valence-corrected chi connectivity index (χ1v) is 8.12. The average Bonchev–Trinajstić information content (AvgIpc) is 3.17. The molecule has 108 valence electrons. The van der Waals surface area contributed by atoms with Crippen molar-refractivity contribution >= 4 is 40.0 Å². The van der Waals surface area contributed by atoms with Crippen LogP contribution in [0.15, 0.2) is 35.0 Å². The number of hydrogen-bond donors (Lipinski definition) is 2. The molecule has 0 saturated carbocycles. The summed E-state index contributed by atoms with van der Waals surface area (Å²) in [4.78, 5) is 12.0. The smallest absolute Gasteiger partial charge is 0.251 e. The van der Waals surface area contributed by atoms with Gasteiger partial charge >= 0.3 is 0 Å². The van der Waals surface area contributed by atoms with E-state index in [-0.39, 0.29) is 5.91 Å². The Balaban J connectivity index is 1.56. The molecule has 3 aromatic rings. The van der Waals surface area contributed by atoms with Gasteiger partial charge in [-0.2, -0.15) is 20.1 Å². The van der Waals surface area contributed by atoms with Crippen LogP contribution in [-0.2, 0) is 0 Å². The number of aliphatic hydroxyl groups is 1. The van der Waals surface area contributed by atoms with Crippen LogP contribution >= 0.6 is 23.1 Å². The molecule has 0 saturated heterocycles. The van der Waals surface area contributed by atoms with Gasteiger partial charge in [-0.25, -0.2) is 0 Å². The molecule has 2 aromatic heterocycles. The minimum atomic E-state index is -0.540. The molecule has 0 aliphatic rings. The van der Waals surface area contributed by atoms with Crippen LogP contribution in [0.2, 0.25) is 0 Å². The monoisotopic (exact) mass is 319 g/mol. The highest BCUT2D eigenvalue weighted by atomic mass is 32.1. The zero-order valence-corrected chi connectivity index (χ0v) is 12.7. The molecule has 3 rings (SSSR count). The van der Waals surface area contributed by atoms with Gasteiger partial charge in [-0.1, -0.05) is 0 Å². The van der Waals surface area contributed by atoms with E-state index in [0.717, 1.165) is 28.3 Å². The van der Waals surface area contributed by atoms with Crippen LogP contribution in [-0.4, -0.2) is 26.3 Å². The van der Waals surface area contributed by atoms with E-state index in [1.807, 2.05) is 16.8 Å². The van der Waals surface area contributed by atoms with E-state index in [2.05, 4.69) is 14.1 Å². The molecule has 0 bridgehead atoms. The zero-order valence-electron chi connectivity index (χ0n) is 11.0. The van der Waals surface area contributed by atoms with Gasteiger partial charge in [0.25, 0.3) is 5.91 Å². The normalized spacial score (nSPS) is 12.4. The third-order valence-corrected chi connectivity index (χ3v) is 4.41. The molecule has 21 heavy (non-hydrogen) atoms. The van der Waals surface area contributed by atoms with E-state index < -0.39 is 6.10 Å². The highest BCUT2D eigenvalue weighted by molar-refractivity contribution is 7.08. The van der Waals surface area contributed by atoms with Gasteiger partial charge in [0.1, 0.15) is 11.0 Å². The summed E-state index contributed by atoms with van der Waals surface area (Å²) in [6.45, 7) is 0.420. The lowest BCUT2D eigenvalue weighted by molar-refractivity contribution is 0.0943. The Morgan fingerprint density at radius 2 is 2.14 bits per heavy atom. The summed E-state index contributed by atoms with van der Waals surface area (Å²) in [7, 11) is 0. The second kappa shape index (κ2) is 6.30. The summed E-state index contributed by atoms with van der Waals surface area (Å²) >= 11 is 2.68. The Bertz CT molecular complexity index is 740. The van der Waals surface area contributed by atoms with Crippen LogP contribution in [0.1, 0.15) is 28.4 Å². The summed E-state index contributed by atoms with van der Waals surface area (Å²) in [5, 5.41) is 16.6. The van der Waals surface area contributed by atoms with Gasteiger partial charge in [0.05, 0.1) is 17.8 Å². The molecule has 0 fully saturated rings. The molecule has 2 N–H and O–H groups in total. The number of carbonyl (C=O) groups is 1. The van der Waals surface area contributed by atoms with Gasteiger partial charge in [0.15, 0.2) is 0 Å². The summed E-state index contributed by atoms with van der Waals surface area (Å²) < 4.78 is 8.22. The molecule has 0 radical (unpaired) electrons. The summed E-state index contributed by atoms with van der Waals surface area (Å²) in [5.74, 6) is -0.164. The highest BCUT2D eigenvalue weighted by Gasteiger charge is 2.10. The topological polar surface area (TPSA) is 75.1 Å². The summed E-state index contributed by atoms with van der Waals surface area (Å²) in [5.41, 5.74) is 2.97. The van der Waals surface area contributed by atoms with Crippen molar-refractivity contribution in [3.05, 3.63) is 46.2 Å². The van der Waals surface area contributed by atoms with Crippen molar-refractivity contribution in [2.45, 2.75) is 12.5 Å². The van der Waals surface area contributed by atoms with Gasteiger partial charge in [-0.3, -0.25) is 4.79 Å². The molecule has 0 unspecified atom stereocenters. The van der Waals surface area contributed by atoms with Crippen molar-refractivity contribution in [1.29, 1.82) is 0 Å².